The number of hydrogen-bond acceptors (Lipinski definition) is 6. The Hall–Kier alpha value is -4.69. The van der Waals surface area contributed by atoms with Crippen molar-refractivity contribution < 1.29 is 45.5 Å². The predicted molar refractivity (Wildman–Crippen MR) is 158 cm³/mol. The van der Waals surface area contributed by atoms with Gasteiger partial charge in [0, 0.05) is 66.1 Å². The molecule has 1 saturated heterocycles. The number of carbonyl (C=O) groups excluding carboxylic acids is 2. The number of ether oxygens (including phenoxy) is 1. The lowest BCUT2D eigenvalue weighted by molar-refractivity contribution is -0.199. The van der Waals surface area contributed by atoms with Crippen LogP contribution in [0.2, 0.25) is 5.02 Å². The number of hydrogen-bond donors (Lipinski definition) is 1. The van der Waals surface area contributed by atoms with E-state index in [1.165, 1.54) is 36.4 Å². The van der Waals surface area contributed by atoms with E-state index in [4.69, 9.17) is 21.2 Å². The van der Waals surface area contributed by atoms with Gasteiger partial charge in [-0.3, -0.25) is 4.90 Å². The molecule has 0 aliphatic carbocycles. The van der Waals surface area contributed by atoms with E-state index in [0.717, 1.165) is 22.7 Å². The fraction of sp³-hybridized carbons (Fsp3) is 0.226. The van der Waals surface area contributed by atoms with Crippen LogP contribution < -0.4 is 14.5 Å². The second-order valence-electron chi connectivity index (χ2n) is 10.5. The molecule has 2 aromatic heterocycles. The number of nitrogens with one attached hydrogen (secondary N) is 1. The van der Waals surface area contributed by atoms with Gasteiger partial charge >= 0.3 is 24.3 Å². The third-order valence-electron chi connectivity index (χ3n) is 7.62. The number of alkyl halides is 6. The first-order chi connectivity index (χ1) is 21.8. The summed E-state index contributed by atoms with van der Waals surface area (Å²) in [5.41, 5.74) is 2.10. The maximum atomic E-state index is 13.5. The molecule has 1 fully saturated rings. The van der Waals surface area contributed by atoms with Crippen molar-refractivity contribution in [1.82, 2.24) is 14.6 Å². The lowest BCUT2D eigenvalue weighted by atomic mass is 10.0. The Morgan fingerprint density at radius 1 is 0.848 bits per heavy atom. The van der Waals surface area contributed by atoms with Crippen LogP contribution in [0.4, 0.5) is 32.0 Å². The Morgan fingerprint density at radius 2 is 1.54 bits per heavy atom. The highest BCUT2D eigenvalue weighted by Crippen LogP contribution is 2.42. The van der Waals surface area contributed by atoms with E-state index in [0.29, 0.717) is 30.9 Å². The van der Waals surface area contributed by atoms with Gasteiger partial charge in [-0.1, -0.05) is 35.9 Å². The van der Waals surface area contributed by atoms with E-state index < -0.39 is 30.0 Å². The zero-order valence-corrected chi connectivity index (χ0v) is 24.3. The van der Waals surface area contributed by atoms with Crippen molar-refractivity contribution in [2.75, 3.05) is 31.1 Å². The molecule has 0 radical (unpaired) electrons. The predicted octanol–water partition coefficient (Wildman–Crippen LogP) is 6.75. The Balaban J connectivity index is 1.45. The van der Waals surface area contributed by atoms with Crippen LogP contribution in [0.5, 0.6) is 5.75 Å². The molecule has 0 unspecified atom stereocenters. The first kappa shape index (κ1) is 31.3. The minimum Gasteiger partial charge on any atom is -0.419 e. The summed E-state index contributed by atoms with van der Waals surface area (Å²) >= 11 is 6.24. The zero-order chi connectivity index (χ0) is 32.8. The second kappa shape index (κ2) is 11.9. The molecule has 15 heteroatoms. The highest BCUT2D eigenvalue weighted by molar-refractivity contribution is 6.31. The number of nitrogens with zero attached hydrogens (tertiary/aromatic N) is 3. The fourth-order valence-electron chi connectivity index (χ4n) is 5.61. The monoisotopic (exact) mass is 664 g/mol. The molecule has 5 aromatic rings. The molecule has 0 saturated carbocycles. The topological polar surface area (TPSA) is 79.8 Å². The van der Waals surface area contributed by atoms with Gasteiger partial charge in [0.05, 0.1) is 16.6 Å². The lowest BCUT2D eigenvalue weighted by Gasteiger charge is -2.36. The number of aromatic amines is 1. The number of H-pyrrole nitrogens is 1. The van der Waals surface area contributed by atoms with Gasteiger partial charge in [0.1, 0.15) is 5.75 Å². The van der Waals surface area contributed by atoms with Gasteiger partial charge in [0.15, 0.2) is 0 Å². The highest BCUT2D eigenvalue weighted by Gasteiger charge is 2.44. The summed E-state index contributed by atoms with van der Waals surface area (Å²) in [6, 6.07) is 17.4. The van der Waals surface area contributed by atoms with Crippen molar-refractivity contribution in [3.05, 3.63) is 83.6 Å². The Morgan fingerprint density at radius 3 is 2.24 bits per heavy atom. The molecule has 0 amide bonds. The molecular formula is C31H23ClF6N4O4. The molecule has 0 bridgehead atoms. The van der Waals surface area contributed by atoms with Gasteiger partial charge in [-0.05, 0) is 48.0 Å². The summed E-state index contributed by atoms with van der Waals surface area (Å²) in [4.78, 5) is 36.2. The first-order valence-corrected chi connectivity index (χ1v) is 14.2. The van der Waals surface area contributed by atoms with Gasteiger partial charge in [0.25, 0.3) is 0 Å². The third-order valence-corrected chi connectivity index (χ3v) is 7.85. The number of anilines is 1. The summed E-state index contributed by atoms with van der Waals surface area (Å²) in [5.74, 6) is -5.68. The molecule has 8 nitrogen and oxygen atoms in total. The van der Waals surface area contributed by atoms with Crippen molar-refractivity contribution >= 4 is 51.0 Å². The van der Waals surface area contributed by atoms with Crippen LogP contribution in [0, 0.1) is 0 Å². The van der Waals surface area contributed by atoms with E-state index in [9.17, 15) is 35.9 Å². The number of rotatable bonds is 6. The number of piperazine rings is 1. The van der Waals surface area contributed by atoms with Crippen LogP contribution in [0.3, 0.4) is 0 Å². The maximum absolute atomic E-state index is 13.5. The van der Waals surface area contributed by atoms with Crippen LogP contribution in [0.1, 0.15) is 5.69 Å². The molecule has 0 spiro atoms. The van der Waals surface area contributed by atoms with E-state index in [1.54, 1.807) is 0 Å². The maximum Gasteiger partial charge on any atom is 0.493 e. The number of carbonyl (C=O) groups is 2. The number of halogens is 7. The molecule has 6 rings (SSSR count). The van der Waals surface area contributed by atoms with E-state index >= 15 is 0 Å². The smallest absolute Gasteiger partial charge is 0.419 e. The summed E-state index contributed by atoms with van der Waals surface area (Å²) in [7, 11) is 0. The van der Waals surface area contributed by atoms with Crippen LogP contribution in [-0.4, -0.2) is 65.1 Å². The van der Waals surface area contributed by atoms with Crippen LogP contribution >= 0.6 is 11.6 Å². The molecule has 3 heterocycles. The van der Waals surface area contributed by atoms with Gasteiger partial charge in [-0.25, -0.2) is 9.59 Å². The van der Waals surface area contributed by atoms with Gasteiger partial charge in [-0.15, -0.1) is 0 Å². The average Bonchev–Trinajstić information content (AvgIpc) is 3.60. The Labute approximate surface area is 261 Å². The summed E-state index contributed by atoms with van der Waals surface area (Å²) < 4.78 is 85.4. The van der Waals surface area contributed by atoms with Gasteiger partial charge in [0.2, 0.25) is 0 Å². The van der Waals surface area contributed by atoms with E-state index in [2.05, 4.69) is 9.88 Å². The van der Waals surface area contributed by atoms with E-state index in [1.807, 2.05) is 35.4 Å². The molecule has 1 aliphatic heterocycles. The largest absolute Gasteiger partial charge is 0.493 e. The van der Waals surface area contributed by atoms with Crippen molar-refractivity contribution in [3.8, 4) is 16.9 Å². The zero-order valence-electron chi connectivity index (χ0n) is 23.6. The minimum absolute atomic E-state index is 0.00607. The summed E-state index contributed by atoms with van der Waals surface area (Å²) in [6.45, 7) is 1.85. The molecule has 1 aliphatic rings. The Kier molecular flexibility index (Phi) is 8.11. The Bertz CT molecular complexity index is 1940. The van der Waals surface area contributed by atoms with Crippen LogP contribution in [0.15, 0.2) is 72.9 Å². The van der Waals surface area contributed by atoms with Crippen molar-refractivity contribution in [1.29, 1.82) is 0 Å². The highest BCUT2D eigenvalue weighted by atomic mass is 35.5. The van der Waals surface area contributed by atoms with E-state index in [-0.39, 0.29) is 39.3 Å². The van der Waals surface area contributed by atoms with Crippen molar-refractivity contribution in [2.45, 2.75) is 18.9 Å². The minimum atomic E-state index is -5.39. The average molecular weight is 665 g/mol. The van der Waals surface area contributed by atoms with Crippen LogP contribution in [0.25, 0.3) is 32.9 Å². The molecule has 240 valence electrons. The molecule has 46 heavy (non-hydrogen) atoms. The SMILES string of the molecule is O=C(Oc1cccc2c1c(-c1cccc(Cl)c1)c(CN1CCN(c3cccc4[nH]ccc34)CC1)n2OC(=O)C(F)(F)F)C(F)(F)F. The fourth-order valence-corrected chi connectivity index (χ4v) is 5.80. The summed E-state index contributed by atoms with van der Waals surface area (Å²) in [5, 5.41) is 1.07. The number of benzene rings is 3. The van der Waals surface area contributed by atoms with Crippen molar-refractivity contribution in [3.63, 3.8) is 0 Å². The summed E-state index contributed by atoms with van der Waals surface area (Å²) in [6.07, 6.45) is -8.92. The number of fused-ring (bicyclic) bond motifs is 2. The molecule has 1 N–H and O–H groups in total. The van der Waals surface area contributed by atoms with Gasteiger partial charge in [-0.2, -0.15) is 31.1 Å². The number of esters is 1. The quantitative estimate of drug-likeness (QED) is 0.123. The van der Waals surface area contributed by atoms with Gasteiger partial charge < -0.3 is 19.5 Å². The second-order valence-corrected chi connectivity index (χ2v) is 11.0. The first-order valence-electron chi connectivity index (χ1n) is 13.9. The normalized spacial score (nSPS) is 14.6. The third kappa shape index (κ3) is 6.09. The standard InChI is InChI=1S/C31H23ClF6N4O4/c32-19-5-1-4-18(16-19)26-24(17-40-12-14-41(15-13-40)22-7-2-6-21-20(22)10-11-39-21)42(46-29(44)31(36,37)38)23-8-3-9-25(27(23)26)45-28(43)30(33,34)35/h1-11,16,39H,12-15,17H2. The lowest BCUT2D eigenvalue weighted by Crippen LogP contribution is -2.46. The molecule has 3 aromatic carbocycles. The number of aromatic nitrogens is 2. The molecular weight excluding hydrogens is 642 g/mol. The van der Waals surface area contributed by atoms with Crippen LogP contribution in [-0.2, 0) is 16.1 Å². The van der Waals surface area contributed by atoms with Crippen molar-refractivity contribution in [2.24, 2.45) is 0 Å². The molecule has 0 atom stereocenters.